The molecular weight excluding hydrogens is 432 g/mol. The molecule has 0 atom stereocenters. The first-order valence-electron chi connectivity index (χ1n) is 9.99. The molecule has 3 rings (SSSR count). The minimum atomic E-state index is -3.52. The third kappa shape index (κ3) is 5.36. The monoisotopic (exact) mass is 458 g/mol. The highest BCUT2D eigenvalue weighted by molar-refractivity contribution is 7.99. The van der Waals surface area contributed by atoms with E-state index in [0.29, 0.717) is 18.8 Å². The topological polar surface area (TPSA) is 84.3 Å². The maximum atomic E-state index is 12.6. The van der Waals surface area contributed by atoms with Crippen molar-refractivity contribution >= 4 is 33.4 Å². The molecule has 2 aromatic carbocycles. The second-order valence-electron chi connectivity index (χ2n) is 6.82. The van der Waals surface area contributed by atoms with E-state index < -0.39 is 10.0 Å². The van der Waals surface area contributed by atoms with E-state index in [0.717, 1.165) is 16.4 Å². The van der Waals surface area contributed by atoms with Crippen LogP contribution in [0.5, 0.6) is 0 Å². The number of nitrogens with zero attached hydrogens (tertiary/aromatic N) is 3. The lowest BCUT2D eigenvalue weighted by Crippen LogP contribution is -2.30. The molecule has 0 aliphatic heterocycles. The van der Waals surface area contributed by atoms with Crippen LogP contribution in [-0.2, 0) is 14.8 Å². The van der Waals surface area contributed by atoms with Gasteiger partial charge in [0.2, 0.25) is 15.9 Å². The largest absolute Gasteiger partial charge is 0.325 e. The Hall–Kier alpha value is -2.62. The van der Waals surface area contributed by atoms with Crippen molar-refractivity contribution < 1.29 is 13.2 Å². The zero-order valence-electron chi connectivity index (χ0n) is 17.8. The van der Waals surface area contributed by atoms with Gasteiger partial charge in [-0.3, -0.25) is 9.36 Å². The number of thioether (sulfide) groups is 1. The van der Waals surface area contributed by atoms with Gasteiger partial charge in [-0.2, -0.15) is 4.31 Å². The number of anilines is 1. The van der Waals surface area contributed by atoms with Crippen LogP contribution in [0.15, 0.2) is 71.0 Å². The Morgan fingerprint density at radius 3 is 2.42 bits per heavy atom. The molecule has 0 spiro atoms. The van der Waals surface area contributed by atoms with Gasteiger partial charge in [0.25, 0.3) is 0 Å². The summed E-state index contributed by atoms with van der Waals surface area (Å²) in [6.07, 6.45) is 3.58. The Labute approximate surface area is 187 Å². The zero-order chi connectivity index (χ0) is 22.4. The summed E-state index contributed by atoms with van der Waals surface area (Å²) in [5, 5.41) is 3.53. The highest BCUT2D eigenvalue weighted by atomic mass is 32.2. The number of imidazole rings is 1. The quantitative estimate of drug-likeness (QED) is 0.491. The SMILES string of the molecule is CCN(CC)S(=O)(=O)c1ccc(NC(=O)CSc2nccn2-c2ccccc2C)cc1. The van der Waals surface area contributed by atoms with Gasteiger partial charge in [-0.05, 0) is 42.8 Å². The molecule has 9 heteroatoms. The van der Waals surface area contributed by atoms with Crippen molar-refractivity contribution in [2.24, 2.45) is 0 Å². The molecule has 1 N–H and O–H groups in total. The molecule has 1 aromatic heterocycles. The van der Waals surface area contributed by atoms with Crippen molar-refractivity contribution in [2.75, 3.05) is 24.2 Å². The van der Waals surface area contributed by atoms with Gasteiger partial charge in [0.15, 0.2) is 5.16 Å². The fraction of sp³-hybridized carbons (Fsp3) is 0.273. The molecular formula is C22H26N4O3S2. The average Bonchev–Trinajstić information content (AvgIpc) is 3.22. The van der Waals surface area contributed by atoms with E-state index in [2.05, 4.69) is 10.3 Å². The Bertz CT molecular complexity index is 1140. The maximum absolute atomic E-state index is 12.6. The highest BCUT2D eigenvalue weighted by Gasteiger charge is 2.21. The number of rotatable bonds is 9. The van der Waals surface area contributed by atoms with E-state index in [1.807, 2.05) is 42.0 Å². The Balaban J connectivity index is 1.63. The molecule has 7 nitrogen and oxygen atoms in total. The van der Waals surface area contributed by atoms with Crippen LogP contribution in [0.25, 0.3) is 5.69 Å². The Kier molecular flexibility index (Phi) is 7.53. The van der Waals surface area contributed by atoms with E-state index >= 15 is 0 Å². The van der Waals surface area contributed by atoms with Gasteiger partial charge in [-0.25, -0.2) is 13.4 Å². The van der Waals surface area contributed by atoms with Crippen molar-refractivity contribution in [3.63, 3.8) is 0 Å². The van der Waals surface area contributed by atoms with Gasteiger partial charge >= 0.3 is 0 Å². The summed E-state index contributed by atoms with van der Waals surface area (Å²) in [5.74, 6) is -0.00811. The molecule has 1 heterocycles. The van der Waals surface area contributed by atoms with E-state index in [4.69, 9.17) is 0 Å². The summed E-state index contributed by atoms with van der Waals surface area (Å²) >= 11 is 1.34. The first kappa shape index (κ1) is 23.1. The van der Waals surface area contributed by atoms with Gasteiger partial charge in [-0.1, -0.05) is 43.8 Å². The lowest BCUT2D eigenvalue weighted by molar-refractivity contribution is -0.113. The van der Waals surface area contributed by atoms with Crippen LogP contribution in [0.1, 0.15) is 19.4 Å². The van der Waals surface area contributed by atoms with Crippen LogP contribution < -0.4 is 5.32 Å². The predicted molar refractivity (Wildman–Crippen MR) is 124 cm³/mol. The first-order chi connectivity index (χ1) is 14.9. The molecule has 3 aromatic rings. The molecule has 0 unspecified atom stereocenters. The van der Waals surface area contributed by atoms with Crippen LogP contribution in [0, 0.1) is 6.92 Å². The smallest absolute Gasteiger partial charge is 0.243 e. The van der Waals surface area contributed by atoms with E-state index in [1.54, 1.807) is 32.2 Å². The standard InChI is InChI=1S/C22H26N4O3S2/c1-4-25(5-2)31(28,29)19-12-10-18(11-13-19)24-21(27)16-30-22-23-14-15-26(22)20-9-7-6-8-17(20)3/h6-15H,4-5,16H2,1-3H3,(H,24,27). The molecule has 0 aliphatic rings. The molecule has 0 radical (unpaired) electrons. The number of sulfonamides is 1. The number of benzene rings is 2. The molecule has 0 fully saturated rings. The molecule has 31 heavy (non-hydrogen) atoms. The number of carbonyl (C=O) groups excluding carboxylic acids is 1. The van der Waals surface area contributed by atoms with Crippen LogP contribution in [0.3, 0.4) is 0 Å². The maximum Gasteiger partial charge on any atom is 0.243 e. The lowest BCUT2D eigenvalue weighted by Gasteiger charge is -2.18. The summed E-state index contributed by atoms with van der Waals surface area (Å²) in [6, 6.07) is 14.2. The number of aromatic nitrogens is 2. The summed E-state index contributed by atoms with van der Waals surface area (Å²) < 4.78 is 28.5. The summed E-state index contributed by atoms with van der Waals surface area (Å²) in [7, 11) is -3.52. The summed E-state index contributed by atoms with van der Waals surface area (Å²) in [4.78, 5) is 17.0. The summed E-state index contributed by atoms with van der Waals surface area (Å²) in [6.45, 7) is 6.45. The van der Waals surface area contributed by atoms with Gasteiger partial charge in [0.1, 0.15) is 0 Å². The Morgan fingerprint density at radius 2 is 1.77 bits per heavy atom. The van der Waals surface area contributed by atoms with Gasteiger partial charge in [-0.15, -0.1) is 0 Å². The number of para-hydroxylation sites is 1. The van der Waals surface area contributed by atoms with Crippen LogP contribution in [0.2, 0.25) is 0 Å². The van der Waals surface area contributed by atoms with Crippen molar-refractivity contribution in [2.45, 2.75) is 30.8 Å². The second-order valence-corrected chi connectivity index (χ2v) is 9.70. The fourth-order valence-electron chi connectivity index (χ4n) is 3.16. The molecule has 0 aliphatic carbocycles. The molecule has 0 bridgehead atoms. The van der Waals surface area contributed by atoms with E-state index in [9.17, 15) is 13.2 Å². The first-order valence-corrected chi connectivity index (χ1v) is 12.4. The third-order valence-corrected chi connectivity index (χ3v) is 7.83. The van der Waals surface area contributed by atoms with E-state index in [-0.39, 0.29) is 16.6 Å². The molecule has 164 valence electrons. The lowest BCUT2D eigenvalue weighted by atomic mass is 10.2. The van der Waals surface area contributed by atoms with Gasteiger partial charge < -0.3 is 5.32 Å². The number of carbonyl (C=O) groups is 1. The normalized spacial score (nSPS) is 11.6. The third-order valence-electron chi connectivity index (χ3n) is 4.80. The van der Waals surface area contributed by atoms with Crippen molar-refractivity contribution in [1.29, 1.82) is 0 Å². The average molecular weight is 459 g/mol. The number of hydrogen-bond acceptors (Lipinski definition) is 5. The molecule has 1 amide bonds. The van der Waals surface area contributed by atoms with Crippen molar-refractivity contribution in [3.8, 4) is 5.69 Å². The van der Waals surface area contributed by atoms with Crippen molar-refractivity contribution in [1.82, 2.24) is 13.9 Å². The van der Waals surface area contributed by atoms with Gasteiger partial charge in [0, 0.05) is 31.2 Å². The second kappa shape index (κ2) is 10.1. The van der Waals surface area contributed by atoms with Crippen molar-refractivity contribution in [3.05, 3.63) is 66.5 Å². The minimum Gasteiger partial charge on any atom is -0.325 e. The fourth-order valence-corrected chi connectivity index (χ4v) is 5.39. The van der Waals surface area contributed by atoms with Crippen LogP contribution in [-0.4, -0.2) is 47.0 Å². The number of aryl methyl sites for hydroxylation is 1. The number of amides is 1. The summed E-state index contributed by atoms with van der Waals surface area (Å²) in [5.41, 5.74) is 2.69. The molecule has 0 saturated heterocycles. The zero-order valence-corrected chi connectivity index (χ0v) is 19.4. The van der Waals surface area contributed by atoms with E-state index in [1.165, 1.54) is 28.2 Å². The Morgan fingerprint density at radius 1 is 1.10 bits per heavy atom. The van der Waals surface area contributed by atoms with Crippen LogP contribution in [0.4, 0.5) is 5.69 Å². The van der Waals surface area contributed by atoms with Crippen LogP contribution >= 0.6 is 11.8 Å². The molecule has 0 saturated carbocycles. The number of hydrogen-bond donors (Lipinski definition) is 1. The minimum absolute atomic E-state index is 0.183. The highest BCUT2D eigenvalue weighted by Crippen LogP contribution is 2.23. The number of nitrogens with one attached hydrogen (secondary N) is 1. The van der Waals surface area contributed by atoms with Gasteiger partial charge in [0.05, 0.1) is 16.3 Å². The predicted octanol–water partition coefficient (Wildman–Crippen LogP) is 3.94.